The van der Waals surface area contributed by atoms with Gasteiger partial charge in [0.15, 0.2) is 11.8 Å². The van der Waals surface area contributed by atoms with Gasteiger partial charge in [-0.1, -0.05) is 25.1 Å². The molecule has 0 fully saturated rings. The third-order valence-electron chi connectivity index (χ3n) is 4.60. The van der Waals surface area contributed by atoms with Gasteiger partial charge in [0, 0.05) is 20.3 Å². The molecule has 0 aliphatic heterocycles. The summed E-state index contributed by atoms with van der Waals surface area (Å²) < 4.78 is 7.95. The number of carbonyl (C=O) groups excluding carboxylic acids is 1. The lowest BCUT2D eigenvalue weighted by molar-refractivity contribution is -0.122. The number of pyridine rings is 1. The van der Waals surface area contributed by atoms with E-state index in [2.05, 4.69) is 10.3 Å². The molecule has 3 aromatic rings. The molecular formula is C20H22N4O4. The number of rotatable bonds is 5. The van der Waals surface area contributed by atoms with Gasteiger partial charge in [0.2, 0.25) is 0 Å². The van der Waals surface area contributed by atoms with Crippen molar-refractivity contribution in [2.24, 2.45) is 14.1 Å². The fourth-order valence-electron chi connectivity index (χ4n) is 2.96. The lowest BCUT2D eigenvalue weighted by atomic mass is 10.1. The van der Waals surface area contributed by atoms with Gasteiger partial charge in [0.05, 0.1) is 5.69 Å². The van der Waals surface area contributed by atoms with E-state index in [-0.39, 0.29) is 11.0 Å². The molecule has 1 amide bonds. The van der Waals surface area contributed by atoms with Gasteiger partial charge in [-0.25, -0.2) is 9.78 Å². The van der Waals surface area contributed by atoms with Gasteiger partial charge >= 0.3 is 5.69 Å². The lowest BCUT2D eigenvalue weighted by Crippen LogP contribution is -2.38. The number of nitrogens with one attached hydrogen (secondary N) is 1. The second kappa shape index (κ2) is 7.67. The molecule has 1 N–H and O–H groups in total. The van der Waals surface area contributed by atoms with Gasteiger partial charge in [-0.3, -0.25) is 18.7 Å². The summed E-state index contributed by atoms with van der Waals surface area (Å²) in [4.78, 5) is 41.9. The molecule has 1 aromatic carbocycles. The first-order chi connectivity index (χ1) is 13.3. The maximum atomic E-state index is 12.8. The van der Waals surface area contributed by atoms with Crippen molar-refractivity contribution in [2.75, 3.05) is 5.32 Å². The van der Waals surface area contributed by atoms with E-state index in [1.165, 1.54) is 18.7 Å². The Bertz CT molecular complexity index is 1150. The van der Waals surface area contributed by atoms with E-state index in [4.69, 9.17) is 4.74 Å². The van der Waals surface area contributed by atoms with Crippen LogP contribution in [0.3, 0.4) is 0 Å². The zero-order chi connectivity index (χ0) is 20.4. The SMILES string of the molecule is CCc1cnc2c(c1NC(=O)C(C)Oc1ccccc1)c(=O)n(C)c(=O)n2C. The average Bonchev–Trinajstić information content (AvgIpc) is 2.70. The van der Waals surface area contributed by atoms with E-state index < -0.39 is 23.3 Å². The number of hydrogen-bond acceptors (Lipinski definition) is 5. The van der Waals surface area contributed by atoms with Crippen LogP contribution in [0.4, 0.5) is 5.69 Å². The molecule has 0 bridgehead atoms. The van der Waals surface area contributed by atoms with Crippen LogP contribution in [0.1, 0.15) is 19.4 Å². The van der Waals surface area contributed by atoms with Crippen molar-refractivity contribution in [1.29, 1.82) is 0 Å². The van der Waals surface area contributed by atoms with Crippen LogP contribution >= 0.6 is 0 Å². The summed E-state index contributed by atoms with van der Waals surface area (Å²) in [5, 5.41) is 3.00. The first kappa shape index (κ1) is 19.3. The third-order valence-corrected chi connectivity index (χ3v) is 4.60. The normalized spacial score (nSPS) is 12.0. The van der Waals surface area contributed by atoms with E-state index in [0.29, 0.717) is 23.4 Å². The van der Waals surface area contributed by atoms with Crippen LogP contribution in [-0.2, 0) is 25.3 Å². The maximum Gasteiger partial charge on any atom is 0.332 e. The number of nitrogens with zero attached hydrogens (tertiary/aromatic N) is 3. The van der Waals surface area contributed by atoms with Crippen LogP contribution in [0.15, 0.2) is 46.1 Å². The van der Waals surface area contributed by atoms with Crippen molar-refractivity contribution >= 4 is 22.6 Å². The molecule has 2 aromatic heterocycles. The van der Waals surface area contributed by atoms with Gasteiger partial charge in [-0.2, -0.15) is 0 Å². The van der Waals surface area contributed by atoms with Crippen LogP contribution < -0.4 is 21.3 Å². The molecule has 8 nitrogen and oxygen atoms in total. The number of ether oxygens (including phenoxy) is 1. The highest BCUT2D eigenvalue weighted by Gasteiger charge is 2.21. The highest BCUT2D eigenvalue weighted by molar-refractivity contribution is 6.02. The molecule has 0 radical (unpaired) electrons. The standard InChI is InChI=1S/C20H22N4O4/c1-5-13-11-21-17-15(19(26)24(4)20(27)23(17)3)16(13)22-18(25)12(2)28-14-9-7-6-8-10-14/h6-12H,5H2,1-4H3,(H,21,22,25). The molecule has 0 saturated heterocycles. The summed E-state index contributed by atoms with van der Waals surface area (Å²) in [6.45, 7) is 3.53. The van der Waals surface area contributed by atoms with Gasteiger partial charge in [0.25, 0.3) is 11.5 Å². The number of hydrogen-bond donors (Lipinski definition) is 1. The largest absolute Gasteiger partial charge is 0.481 e. The average molecular weight is 382 g/mol. The molecule has 8 heteroatoms. The fourth-order valence-corrected chi connectivity index (χ4v) is 2.96. The van der Waals surface area contributed by atoms with Crippen LogP contribution in [0.5, 0.6) is 5.75 Å². The minimum Gasteiger partial charge on any atom is -0.481 e. The summed E-state index contributed by atoms with van der Waals surface area (Å²) in [6.07, 6.45) is 1.34. The van der Waals surface area contributed by atoms with Crippen molar-refractivity contribution in [3.63, 3.8) is 0 Å². The molecule has 28 heavy (non-hydrogen) atoms. The number of benzene rings is 1. The Balaban J connectivity index is 2.05. The summed E-state index contributed by atoms with van der Waals surface area (Å²) in [6, 6.07) is 9.00. The third kappa shape index (κ3) is 3.40. The van der Waals surface area contributed by atoms with Crippen LogP contribution in [-0.4, -0.2) is 26.1 Å². The number of anilines is 1. The van der Waals surface area contributed by atoms with Crippen LogP contribution in [0.2, 0.25) is 0 Å². The molecular weight excluding hydrogens is 360 g/mol. The Morgan fingerprint density at radius 1 is 1.18 bits per heavy atom. The van der Waals surface area contributed by atoms with E-state index in [9.17, 15) is 14.4 Å². The summed E-state index contributed by atoms with van der Waals surface area (Å²) in [5.74, 6) is 0.167. The molecule has 146 valence electrons. The van der Waals surface area contributed by atoms with Crippen molar-refractivity contribution in [3.8, 4) is 5.75 Å². The van der Waals surface area contributed by atoms with E-state index >= 15 is 0 Å². The molecule has 0 saturated carbocycles. The Morgan fingerprint density at radius 3 is 2.50 bits per heavy atom. The van der Waals surface area contributed by atoms with E-state index in [1.54, 1.807) is 25.3 Å². The topological polar surface area (TPSA) is 95.2 Å². The quantitative estimate of drug-likeness (QED) is 0.723. The molecule has 0 spiro atoms. The smallest absolute Gasteiger partial charge is 0.332 e. The van der Waals surface area contributed by atoms with Crippen LogP contribution in [0, 0.1) is 0 Å². The molecule has 2 heterocycles. The number of para-hydroxylation sites is 1. The minimum atomic E-state index is -0.785. The Kier molecular flexibility index (Phi) is 5.30. The highest BCUT2D eigenvalue weighted by atomic mass is 16.5. The van der Waals surface area contributed by atoms with Crippen LogP contribution in [0.25, 0.3) is 11.0 Å². The monoisotopic (exact) mass is 382 g/mol. The van der Waals surface area contributed by atoms with Crippen molar-refractivity contribution in [3.05, 3.63) is 62.9 Å². The lowest BCUT2D eigenvalue weighted by Gasteiger charge is -2.18. The zero-order valence-electron chi connectivity index (χ0n) is 16.2. The van der Waals surface area contributed by atoms with Gasteiger partial charge in [-0.05, 0) is 31.0 Å². The molecule has 0 aliphatic rings. The second-order valence-corrected chi connectivity index (χ2v) is 6.48. The first-order valence-corrected chi connectivity index (χ1v) is 8.95. The van der Waals surface area contributed by atoms with Gasteiger partial charge in [-0.15, -0.1) is 0 Å². The van der Waals surface area contributed by atoms with Crippen molar-refractivity contribution < 1.29 is 9.53 Å². The predicted octanol–water partition coefficient (Wildman–Crippen LogP) is 1.60. The second-order valence-electron chi connectivity index (χ2n) is 6.48. The fraction of sp³-hybridized carbons (Fsp3) is 0.300. The molecule has 3 rings (SSSR count). The summed E-state index contributed by atoms with van der Waals surface area (Å²) in [5.41, 5.74) is 0.290. The highest BCUT2D eigenvalue weighted by Crippen LogP contribution is 2.23. The van der Waals surface area contributed by atoms with E-state index in [0.717, 1.165) is 4.57 Å². The van der Waals surface area contributed by atoms with Gasteiger partial charge < -0.3 is 10.1 Å². The molecule has 1 atom stereocenters. The summed E-state index contributed by atoms with van der Waals surface area (Å²) >= 11 is 0. The predicted molar refractivity (Wildman–Crippen MR) is 107 cm³/mol. The number of fused-ring (bicyclic) bond motifs is 1. The number of aromatic nitrogens is 3. The Hall–Kier alpha value is -3.42. The minimum absolute atomic E-state index is 0.198. The number of aryl methyl sites for hydroxylation is 2. The number of carbonyl (C=O) groups is 1. The Labute approximate surface area is 161 Å². The Morgan fingerprint density at radius 2 is 1.86 bits per heavy atom. The zero-order valence-corrected chi connectivity index (χ0v) is 16.2. The first-order valence-electron chi connectivity index (χ1n) is 8.95. The van der Waals surface area contributed by atoms with Crippen molar-refractivity contribution in [2.45, 2.75) is 26.4 Å². The van der Waals surface area contributed by atoms with Gasteiger partial charge in [0.1, 0.15) is 11.1 Å². The van der Waals surface area contributed by atoms with E-state index in [1.807, 2.05) is 25.1 Å². The summed E-state index contributed by atoms with van der Waals surface area (Å²) in [7, 11) is 2.94. The molecule has 0 aliphatic carbocycles. The maximum absolute atomic E-state index is 12.8. The molecule has 1 unspecified atom stereocenters. The van der Waals surface area contributed by atoms with Crippen molar-refractivity contribution in [1.82, 2.24) is 14.1 Å². The number of amides is 1.